The molecule has 2 fully saturated rings. The molecule has 3 unspecified atom stereocenters. The lowest BCUT2D eigenvalue weighted by atomic mass is 10.1. The van der Waals surface area contributed by atoms with Crippen molar-refractivity contribution in [1.82, 2.24) is 4.90 Å². The van der Waals surface area contributed by atoms with Crippen LogP contribution >= 0.6 is 0 Å². The van der Waals surface area contributed by atoms with Crippen LogP contribution in [0.3, 0.4) is 0 Å². The lowest BCUT2D eigenvalue weighted by Crippen LogP contribution is -2.42. The molecule has 0 radical (unpaired) electrons. The molecule has 0 spiro atoms. The van der Waals surface area contributed by atoms with E-state index in [0.717, 1.165) is 30.6 Å². The Hall–Kier alpha value is -1.56. The first-order valence-corrected chi connectivity index (χ1v) is 10.9. The number of carbonyl (C=O) groups is 1. The summed E-state index contributed by atoms with van der Waals surface area (Å²) in [6.45, 7) is 2.75. The van der Waals surface area contributed by atoms with Crippen molar-refractivity contribution in [2.24, 2.45) is 5.92 Å². The molecule has 25 heavy (non-hydrogen) atoms. The number of unbranched alkanes of at least 4 members (excludes halogenated alkanes) is 1. The van der Waals surface area contributed by atoms with Gasteiger partial charge in [0.05, 0.1) is 18.6 Å². The third-order valence-electron chi connectivity index (χ3n) is 5.31. The highest BCUT2D eigenvalue weighted by atomic mass is 32.2. The second-order valence-corrected chi connectivity index (χ2v) is 9.40. The minimum atomic E-state index is -2.99. The monoisotopic (exact) mass is 365 g/mol. The molecule has 2 aliphatic rings. The minimum absolute atomic E-state index is 0.0210. The van der Waals surface area contributed by atoms with Crippen LogP contribution in [0.1, 0.15) is 44.1 Å². The smallest absolute Gasteiger partial charge is 0.226 e. The Balaban J connectivity index is 1.70. The van der Waals surface area contributed by atoms with E-state index in [0.29, 0.717) is 13.0 Å². The second-order valence-electron chi connectivity index (χ2n) is 7.17. The molecule has 0 aromatic heterocycles. The quantitative estimate of drug-likeness (QED) is 0.745. The zero-order chi connectivity index (χ0) is 18.0. The number of rotatable bonds is 7. The first-order chi connectivity index (χ1) is 11.9. The fourth-order valence-corrected chi connectivity index (χ4v) is 5.47. The summed E-state index contributed by atoms with van der Waals surface area (Å²) in [6.07, 6.45) is 3.33. The maximum Gasteiger partial charge on any atom is 0.226 e. The number of amides is 1. The lowest BCUT2D eigenvalue weighted by Gasteiger charge is -2.28. The predicted octanol–water partition coefficient (Wildman–Crippen LogP) is 2.61. The molecule has 3 rings (SSSR count). The average Bonchev–Trinajstić information content (AvgIpc) is 3.33. The van der Waals surface area contributed by atoms with E-state index in [4.69, 9.17) is 4.74 Å². The van der Waals surface area contributed by atoms with Crippen molar-refractivity contribution >= 4 is 15.7 Å². The molecular formula is C19H27NO4S. The summed E-state index contributed by atoms with van der Waals surface area (Å²) in [4.78, 5) is 14.9. The number of carbonyl (C=O) groups excluding carboxylic acids is 1. The van der Waals surface area contributed by atoms with Crippen LogP contribution in [0.15, 0.2) is 24.3 Å². The zero-order valence-electron chi connectivity index (χ0n) is 15.0. The molecule has 3 atom stereocenters. The first kappa shape index (κ1) is 18.2. The van der Waals surface area contributed by atoms with Crippen molar-refractivity contribution in [3.05, 3.63) is 29.8 Å². The largest absolute Gasteiger partial charge is 0.497 e. The summed E-state index contributed by atoms with van der Waals surface area (Å²) in [7, 11) is -1.35. The molecule has 1 aliphatic heterocycles. The summed E-state index contributed by atoms with van der Waals surface area (Å²) in [5, 5.41) is 0. The van der Waals surface area contributed by atoms with E-state index < -0.39 is 9.84 Å². The van der Waals surface area contributed by atoms with Crippen molar-refractivity contribution < 1.29 is 17.9 Å². The van der Waals surface area contributed by atoms with Crippen molar-refractivity contribution in [3.8, 4) is 5.75 Å². The van der Waals surface area contributed by atoms with Gasteiger partial charge in [0.2, 0.25) is 5.91 Å². The Kier molecular flexibility index (Phi) is 5.37. The Morgan fingerprint density at radius 2 is 2.16 bits per heavy atom. The summed E-state index contributed by atoms with van der Waals surface area (Å²) in [5.74, 6) is 1.47. The molecule has 1 saturated carbocycles. The van der Waals surface area contributed by atoms with E-state index in [1.54, 1.807) is 7.11 Å². The van der Waals surface area contributed by atoms with Crippen molar-refractivity contribution in [1.29, 1.82) is 0 Å². The van der Waals surface area contributed by atoms with Gasteiger partial charge in [-0.1, -0.05) is 25.5 Å². The highest BCUT2D eigenvalue weighted by Gasteiger charge is 2.47. The molecule has 1 heterocycles. The third kappa shape index (κ3) is 4.17. The van der Waals surface area contributed by atoms with Gasteiger partial charge >= 0.3 is 0 Å². The van der Waals surface area contributed by atoms with E-state index in [-0.39, 0.29) is 35.3 Å². The summed E-state index contributed by atoms with van der Waals surface area (Å²) < 4.78 is 28.9. The SMILES string of the molecule is CCCCN(C(=O)C1CC1c1cccc(OC)c1)C1CCS(=O)(=O)C1. The second kappa shape index (κ2) is 7.36. The van der Waals surface area contributed by atoms with Gasteiger partial charge in [0.1, 0.15) is 5.75 Å². The van der Waals surface area contributed by atoms with Crippen LogP contribution in [0.5, 0.6) is 5.75 Å². The Labute approximate surface area is 150 Å². The summed E-state index contributed by atoms with van der Waals surface area (Å²) >= 11 is 0. The molecule has 5 nitrogen and oxygen atoms in total. The van der Waals surface area contributed by atoms with Crippen LogP contribution in [-0.2, 0) is 14.6 Å². The first-order valence-electron chi connectivity index (χ1n) is 9.10. The topological polar surface area (TPSA) is 63.7 Å². The Morgan fingerprint density at radius 3 is 2.80 bits per heavy atom. The highest BCUT2D eigenvalue weighted by Crippen LogP contribution is 2.49. The normalized spacial score (nSPS) is 27.0. The van der Waals surface area contributed by atoms with Gasteiger partial charge in [-0.15, -0.1) is 0 Å². The predicted molar refractivity (Wildman–Crippen MR) is 97.5 cm³/mol. The van der Waals surface area contributed by atoms with E-state index in [9.17, 15) is 13.2 Å². The molecule has 6 heteroatoms. The van der Waals surface area contributed by atoms with Gasteiger partial charge in [-0.2, -0.15) is 0 Å². The van der Waals surface area contributed by atoms with Crippen LogP contribution in [0.2, 0.25) is 0 Å². The van der Waals surface area contributed by atoms with Crippen LogP contribution in [0, 0.1) is 5.92 Å². The van der Waals surface area contributed by atoms with Crippen LogP contribution in [0.25, 0.3) is 0 Å². The molecule has 0 N–H and O–H groups in total. The zero-order valence-corrected chi connectivity index (χ0v) is 15.8. The standard InChI is InChI=1S/C19H27NO4S/c1-3-4-9-20(15-8-10-25(22,23)13-15)19(21)18-12-17(18)14-6-5-7-16(11-14)24-2/h5-7,11,15,17-18H,3-4,8-10,12-13H2,1-2H3. The van der Waals surface area contributed by atoms with Gasteiger partial charge in [-0.05, 0) is 42.9 Å². The van der Waals surface area contributed by atoms with E-state index in [2.05, 4.69) is 6.92 Å². The van der Waals surface area contributed by atoms with E-state index >= 15 is 0 Å². The molecule has 1 aromatic rings. The highest BCUT2D eigenvalue weighted by molar-refractivity contribution is 7.91. The maximum absolute atomic E-state index is 13.0. The van der Waals surface area contributed by atoms with Crippen LogP contribution in [0.4, 0.5) is 0 Å². The summed E-state index contributed by atoms with van der Waals surface area (Å²) in [6, 6.07) is 7.74. The van der Waals surface area contributed by atoms with Gasteiger partial charge in [-0.3, -0.25) is 4.79 Å². The Bertz CT molecular complexity index is 731. The third-order valence-corrected chi connectivity index (χ3v) is 7.06. The number of ether oxygens (including phenoxy) is 1. The van der Waals surface area contributed by atoms with Crippen molar-refractivity contribution in [3.63, 3.8) is 0 Å². The lowest BCUT2D eigenvalue weighted by molar-refractivity contribution is -0.134. The fraction of sp³-hybridized carbons (Fsp3) is 0.632. The van der Waals surface area contributed by atoms with Crippen LogP contribution in [-0.4, -0.2) is 50.4 Å². The van der Waals surface area contributed by atoms with Gasteiger partial charge in [0.15, 0.2) is 9.84 Å². The maximum atomic E-state index is 13.0. The number of nitrogens with zero attached hydrogens (tertiary/aromatic N) is 1. The van der Waals surface area contributed by atoms with Crippen LogP contribution < -0.4 is 4.74 Å². The number of benzene rings is 1. The Morgan fingerprint density at radius 1 is 1.36 bits per heavy atom. The van der Waals surface area contributed by atoms with Gasteiger partial charge in [-0.25, -0.2) is 8.42 Å². The van der Waals surface area contributed by atoms with Gasteiger partial charge < -0.3 is 9.64 Å². The molecule has 138 valence electrons. The van der Waals surface area contributed by atoms with Crippen molar-refractivity contribution in [2.45, 2.75) is 44.6 Å². The molecule has 0 bridgehead atoms. The molecule has 1 saturated heterocycles. The van der Waals surface area contributed by atoms with E-state index in [1.807, 2.05) is 29.2 Å². The average molecular weight is 365 g/mol. The summed E-state index contributed by atoms with van der Waals surface area (Å²) in [5.41, 5.74) is 1.13. The molecule has 1 aliphatic carbocycles. The number of methoxy groups -OCH3 is 1. The number of sulfone groups is 1. The van der Waals surface area contributed by atoms with E-state index in [1.165, 1.54) is 0 Å². The number of hydrogen-bond acceptors (Lipinski definition) is 4. The fourth-order valence-electron chi connectivity index (χ4n) is 3.74. The minimum Gasteiger partial charge on any atom is -0.497 e. The molecular weight excluding hydrogens is 338 g/mol. The van der Waals surface area contributed by atoms with Gasteiger partial charge in [0.25, 0.3) is 0 Å². The molecule has 1 amide bonds. The van der Waals surface area contributed by atoms with Gasteiger partial charge in [0, 0.05) is 18.5 Å². The number of hydrogen-bond donors (Lipinski definition) is 0. The molecule has 1 aromatic carbocycles. The van der Waals surface area contributed by atoms with Crippen molar-refractivity contribution in [2.75, 3.05) is 25.2 Å².